The van der Waals surface area contributed by atoms with E-state index in [2.05, 4.69) is 34.6 Å². The molecule has 0 N–H and O–H groups in total. The Bertz CT molecular complexity index is 372. The summed E-state index contributed by atoms with van der Waals surface area (Å²) in [5.74, 6) is 2.83. The smallest absolute Gasteiger partial charge is 0.0443 e. The monoisotopic (exact) mass is 493 g/mol. The molecule has 0 heteroatoms. The van der Waals surface area contributed by atoms with Crippen LogP contribution in [0.5, 0.6) is 0 Å². The maximum atomic E-state index is 2.50. The topological polar surface area (TPSA) is 0 Å². The van der Waals surface area contributed by atoms with Crippen molar-refractivity contribution in [1.29, 1.82) is 0 Å². The molecule has 0 aliphatic carbocycles. The molecular formula is C35H72. The minimum atomic E-state index is 0.932. The maximum Gasteiger partial charge on any atom is -0.0443 e. The standard InChI is InChI=1S/C35H72/c1-6-8-9-10-11-12-13-14-15-16-17-18-19-20-21-22-23-24-25-28-34(4)31-27-32-35(5)30-26-29-33(3)7-2/h33-35H,6-32H2,1-5H3. The molecule has 0 aromatic carbocycles. The molecule has 0 aromatic rings. The highest BCUT2D eigenvalue weighted by Crippen LogP contribution is 2.22. The predicted octanol–water partition coefficient (Wildman–Crippen LogP) is 13.5. The van der Waals surface area contributed by atoms with Crippen molar-refractivity contribution >= 4 is 0 Å². The Hall–Kier alpha value is 0. The summed E-state index contributed by atoms with van der Waals surface area (Å²) in [6, 6.07) is 0. The van der Waals surface area contributed by atoms with E-state index in [1.54, 1.807) is 0 Å². The van der Waals surface area contributed by atoms with Crippen molar-refractivity contribution in [2.24, 2.45) is 17.8 Å². The molecule has 3 unspecified atom stereocenters. The van der Waals surface area contributed by atoms with Gasteiger partial charge < -0.3 is 0 Å². The summed E-state index contributed by atoms with van der Waals surface area (Å²) in [6.07, 6.45) is 39.6. The Morgan fingerprint density at radius 2 is 0.543 bits per heavy atom. The van der Waals surface area contributed by atoms with Crippen LogP contribution in [0.3, 0.4) is 0 Å². The summed E-state index contributed by atoms with van der Waals surface area (Å²) in [6.45, 7) is 12.0. The van der Waals surface area contributed by atoms with E-state index >= 15 is 0 Å². The highest BCUT2D eigenvalue weighted by Gasteiger charge is 2.07. The zero-order valence-electron chi connectivity index (χ0n) is 25.8. The van der Waals surface area contributed by atoms with Gasteiger partial charge in [0.05, 0.1) is 0 Å². The second-order valence-electron chi connectivity index (χ2n) is 12.7. The molecule has 0 saturated carbocycles. The van der Waals surface area contributed by atoms with Gasteiger partial charge in [-0.15, -0.1) is 0 Å². The normalized spacial score (nSPS) is 14.3. The van der Waals surface area contributed by atoms with Crippen LogP contribution in [-0.2, 0) is 0 Å². The third-order valence-corrected chi connectivity index (χ3v) is 8.79. The van der Waals surface area contributed by atoms with Gasteiger partial charge in [-0.1, -0.05) is 208 Å². The largest absolute Gasteiger partial charge is 0.0654 e. The van der Waals surface area contributed by atoms with E-state index in [1.807, 2.05) is 0 Å². The lowest BCUT2D eigenvalue weighted by Gasteiger charge is -2.15. The minimum absolute atomic E-state index is 0.932. The number of unbranched alkanes of at least 4 members (excludes halogenated alkanes) is 18. The molecule has 0 aliphatic heterocycles. The van der Waals surface area contributed by atoms with Gasteiger partial charge in [0.15, 0.2) is 0 Å². The summed E-state index contributed by atoms with van der Waals surface area (Å²) in [5, 5.41) is 0. The van der Waals surface area contributed by atoms with Crippen molar-refractivity contribution in [2.75, 3.05) is 0 Å². The molecule has 0 spiro atoms. The van der Waals surface area contributed by atoms with E-state index in [0.717, 1.165) is 17.8 Å². The molecule has 0 bridgehead atoms. The summed E-state index contributed by atoms with van der Waals surface area (Å²) in [5.41, 5.74) is 0. The van der Waals surface area contributed by atoms with E-state index in [4.69, 9.17) is 0 Å². The first-order valence-corrected chi connectivity index (χ1v) is 17.1. The van der Waals surface area contributed by atoms with E-state index in [-0.39, 0.29) is 0 Å². The molecule has 0 saturated heterocycles. The number of hydrogen-bond acceptors (Lipinski definition) is 0. The Balaban J connectivity index is 3.22. The summed E-state index contributed by atoms with van der Waals surface area (Å²) in [4.78, 5) is 0. The van der Waals surface area contributed by atoms with Crippen LogP contribution in [0.15, 0.2) is 0 Å². The molecular weight excluding hydrogens is 420 g/mol. The van der Waals surface area contributed by atoms with Crippen LogP contribution in [0.2, 0.25) is 0 Å². The van der Waals surface area contributed by atoms with Gasteiger partial charge in [0.1, 0.15) is 0 Å². The van der Waals surface area contributed by atoms with Gasteiger partial charge in [0, 0.05) is 0 Å². The molecule has 3 atom stereocenters. The van der Waals surface area contributed by atoms with Crippen LogP contribution >= 0.6 is 0 Å². The zero-order chi connectivity index (χ0) is 25.8. The third-order valence-electron chi connectivity index (χ3n) is 8.79. The average molecular weight is 493 g/mol. The van der Waals surface area contributed by atoms with E-state index in [1.165, 1.54) is 173 Å². The van der Waals surface area contributed by atoms with Gasteiger partial charge in [-0.05, 0) is 17.8 Å². The molecule has 0 aromatic heterocycles. The van der Waals surface area contributed by atoms with E-state index < -0.39 is 0 Å². The summed E-state index contributed by atoms with van der Waals surface area (Å²) >= 11 is 0. The number of hydrogen-bond donors (Lipinski definition) is 0. The SMILES string of the molecule is CCCCCCCCCCCCCCCCCCCCCC(C)CCCC(C)CCCC(C)CC. The van der Waals surface area contributed by atoms with Crippen LogP contribution in [0, 0.1) is 17.8 Å². The fraction of sp³-hybridized carbons (Fsp3) is 1.00. The Morgan fingerprint density at radius 1 is 0.286 bits per heavy atom. The fourth-order valence-corrected chi connectivity index (χ4v) is 5.69. The Labute approximate surface area is 225 Å². The summed E-state index contributed by atoms with van der Waals surface area (Å²) < 4.78 is 0. The molecule has 0 radical (unpaired) electrons. The van der Waals surface area contributed by atoms with Crippen LogP contribution in [0.1, 0.15) is 208 Å². The maximum absolute atomic E-state index is 2.50. The molecule has 0 nitrogen and oxygen atoms in total. The van der Waals surface area contributed by atoms with Gasteiger partial charge in [0.2, 0.25) is 0 Å². The first kappa shape index (κ1) is 35.0. The summed E-state index contributed by atoms with van der Waals surface area (Å²) in [7, 11) is 0. The molecule has 0 fully saturated rings. The lowest BCUT2D eigenvalue weighted by atomic mass is 9.91. The molecule has 0 amide bonds. The van der Waals surface area contributed by atoms with Gasteiger partial charge in [-0.3, -0.25) is 0 Å². The van der Waals surface area contributed by atoms with Crippen molar-refractivity contribution in [1.82, 2.24) is 0 Å². The highest BCUT2D eigenvalue weighted by molar-refractivity contribution is 4.60. The van der Waals surface area contributed by atoms with Crippen molar-refractivity contribution < 1.29 is 0 Å². The van der Waals surface area contributed by atoms with Gasteiger partial charge in [-0.25, -0.2) is 0 Å². The Kier molecular flexibility index (Phi) is 28.6. The minimum Gasteiger partial charge on any atom is -0.0654 e. The van der Waals surface area contributed by atoms with Crippen LogP contribution in [0.4, 0.5) is 0 Å². The van der Waals surface area contributed by atoms with Gasteiger partial charge in [0.25, 0.3) is 0 Å². The second-order valence-corrected chi connectivity index (χ2v) is 12.7. The lowest BCUT2D eigenvalue weighted by Crippen LogP contribution is -2.00. The second kappa shape index (κ2) is 28.6. The van der Waals surface area contributed by atoms with Crippen LogP contribution in [0.25, 0.3) is 0 Å². The van der Waals surface area contributed by atoms with Crippen LogP contribution in [-0.4, -0.2) is 0 Å². The average Bonchev–Trinajstić information content (AvgIpc) is 2.85. The molecule has 0 heterocycles. The van der Waals surface area contributed by atoms with E-state index in [9.17, 15) is 0 Å². The predicted molar refractivity (Wildman–Crippen MR) is 163 cm³/mol. The first-order chi connectivity index (χ1) is 17.1. The zero-order valence-corrected chi connectivity index (χ0v) is 25.8. The molecule has 0 aliphatic rings. The van der Waals surface area contributed by atoms with Gasteiger partial charge >= 0.3 is 0 Å². The van der Waals surface area contributed by atoms with E-state index in [0.29, 0.717) is 0 Å². The first-order valence-electron chi connectivity index (χ1n) is 17.1. The Morgan fingerprint density at radius 3 is 0.857 bits per heavy atom. The molecule has 35 heavy (non-hydrogen) atoms. The lowest BCUT2D eigenvalue weighted by molar-refractivity contribution is 0.380. The van der Waals surface area contributed by atoms with Crippen LogP contribution < -0.4 is 0 Å². The quantitative estimate of drug-likeness (QED) is 0.0910. The van der Waals surface area contributed by atoms with Crippen molar-refractivity contribution in [3.8, 4) is 0 Å². The molecule has 0 rings (SSSR count). The van der Waals surface area contributed by atoms with Crippen molar-refractivity contribution in [3.05, 3.63) is 0 Å². The molecule has 212 valence electrons. The van der Waals surface area contributed by atoms with Crippen molar-refractivity contribution in [3.63, 3.8) is 0 Å². The van der Waals surface area contributed by atoms with Crippen molar-refractivity contribution in [2.45, 2.75) is 208 Å². The third kappa shape index (κ3) is 28.4. The number of rotatable bonds is 29. The fourth-order valence-electron chi connectivity index (χ4n) is 5.69. The highest BCUT2D eigenvalue weighted by atomic mass is 14.1. The van der Waals surface area contributed by atoms with Gasteiger partial charge in [-0.2, -0.15) is 0 Å².